The van der Waals surface area contributed by atoms with Crippen molar-refractivity contribution in [2.75, 3.05) is 14.2 Å². The summed E-state index contributed by atoms with van der Waals surface area (Å²) in [5.74, 6) is 0.415. The van der Waals surface area contributed by atoms with Crippen LogP contribution in [0.5, 0.6) is 11.5 Å². The fraction of sp³-hybridized carbons (Fsp3) is 0.200. The maximum Gasteiger partial charge on any atom is 0.146 e. The number of rotatable bonds is 4. The summed E-state index contributed by atoms with van der Waals surface area (Å²) in [6.45, 7) is 0. The number of hydrogen-bond acceptors (Lipinski definition) is 3. The van der Waals surface area contributed by atoms with Crippen LogP contribution in [0.4, 0.5) is 4.39 Å². The zero-order valence-corrected chi connectivity index (χ0v) is 13.0. The minimum absolute atomic E-state index is 0.0153. The number of hydrogen-bond donors (Lipinski definition) is 1. The van der Waals surface area contributed by atoms with E-state index < -0.39 is 11.9 Å². The van der Waals surface area contributed by atoms with Crippen molar-refractivity contribution in [1.29, 1.82) is 0 Å². The molecule has 2 aromatic rings. The van der Waals surface area contributed by atoms with Gasteiger partial charge in [0.1, 0.15) is 22.3 Å². The topological polar surface area (TPSA) is 44.5 Å². The van der Waals surface area contributed by atoms with Gasteiger partial charge in [-0.15, -0.1) is 0 Å². The van der Waals surface area contributed by atoms with Crippen LogP contribution in [0.2, 0.25) is 10.0 Å². The second-order valence-corrected chi connectivity index (χ2v) is 5.14. The molecule has 2 aromatic carbocycles. The van der Waals surface area contributed by atoms with Crippen LogP contribution in [0, 0.1) is 5.82 Å². The lowest BCUT2D eigenvalue weighted by Crippen LogP contribution is -2.13. The van der Waals surface area contributed by atoms with Crippen molar-refractivity contribution >= 4 is 23.2 Å². The minimum Gasteiger partial charge on any atom is -0.495 e. The predicted octanol–water partition coefficient (Wildman–Crippen LogP) is 4.20. The number of ether oxygens (including phenoxy) is 2. The SMILES string of the molecule is COc1ccc(C(N)c2ccc(F)c(Cl)c2)c(OC)c1Cl. The summed E-state index contributed by atoms with van der Waals surface area (Å²) in [7, 11) is 3.01. The lowest BCUT2D eigenvalue weighted by Gasteiger charge is -2.18. The van der Waals surface area contributed by atoms with E-state index in [1.54, 1.807) is 18.2 Å². The summed E-state index contributed by atoms with van der Waals surface area (Å²) >= 11 is 12.0. The quantitative estimate of drug-likeness (QED) is 0.914. The van der Waals surface area contributed by atoms with E-state index in [2.05, 4.69) is 0 Å². The number of halogens is 3. The van der Waals surface area contributed by atoms with Crippen LogP contribution in [0.3, 0.4) is 0 Å². The lowest BCUT2D eigenvalue weighted by molar-refractivity contribution is 0.390. The summed E-state index contributed by atoms with van der Waals surface area (Å²) in [6, 6.07) is 7.23. The summed E-state index contributed by atoms with van der Waals surface area (Å²) in [6.07, 6.45) is 0. The van der Waals surface area contributed by atoms with E-state index in [1.807, 2.05) is 0 Å². The van der Waals surface area contributed by atoms with Crippen molar-refractivity contribution in [3.63, 3.8) is 0 Å². The molecule has 21 heavy (non-hydrogen) atoms. The van der Waals surface area contributed by atoms with Gasteiger partial charge in [0.2, 0.25) is 0 Å². The van der Waals surface area contributed by atoms with Gasteiger partial charge >= 0.3 is 0 Å². The van der Waals surface area contributed by atoms with Crippen LogP contribution in [0.15, 0.2) is 30.3 Å². The van der Waals surface area contributed by atoms with Gasteiger partial charge in [-0.25, -0.2) is 4.39 Å². The van der Waals surface area contributed by atoms with Crippen molar-refractivity contribution < 1.29 is 13.9 Å². The molecule has 1 atom stereocenters. The largest absolute Gasteiger partial charge is 0.495 e. The summed E-state index contributed by atoms with van der Waals surface area (Å²) in [5, 5.41) is 0.350. The Bertz CT molecular complexity index is 664. The van der Waals surface area contributed by atoms with Crippen LogP contribution in [0.1, 0.15) is 17.2 Å². The monoisotopic (exact) mass is 329 g/mol. The van der Waals surface area contributed by atoms with Crippen molar-refractivity contribution in [1.82, 2.24) is 0 Å². The van der Waals surface area contributed by atoms with Crippen LogP contribution in [0.25, 0.3) is 0 Å². The summed E-state index contributed by atoms with van der Waals surface area (Å²) in [4.78, 5) is 0. The zero-order valence-electron chi connectivity index (χ0n) is 11.5. The maximum atomic E-state index is 13.2. The molecule has 3 nitrogen and oxygen atoms in total. The molecule has 0 saturated carbocycles. The first-order valence-electron chi connectivity index (χ1n) is 6.10. The van der Waals surface area contributed by atoms with Gasteiger partial charge in [0.05, 0.1) is 25.3 Å². The molecular formula is C15H14Cl2FNO2. The average molecular weight is 330 g/mol. The molecule has 2 rings (SSSR count). The predicted molar refractivity (Wildman–Crippen MR) is 82.0 cm³/mol. The molecular weight excluding hydrogens is 316 g/mol. The van der Waals surface area contributed by atoms with Gasteiger partial charge in [0.15, 0.2) is 0 Å². The minimum atomic E-state index is -0.554. The highest BCUT2D eigenvalue weighted by Gasteiger charge is 2.20. The van der Waals surface area contributed by atoms with E-state index >= 15 is 0 Å². The van der Waals surface area contributed by atoms with Crippen molar-refractivity contribution in [3.8, 4) is 11.5 Å². The molecule has 0 heterocycles. The molecule has 0 aliphatic heterocycles. The fourth-order valence-corrected chi connectivity index (χ4v) is 2.56. The number of benzene rings is 2. The first kappa shape index (κ1) is 15.9. The van der Waals surface area contributed by atoms with Gasteiger partial charge in [-0.05, 0) is 29.8 Å². The third-order valence-electron chi connectivity index (χ3n) is 3.15. The van der Waals surface area contributed by atoms with Gasteiger partial charge in [-0.3, -0.25) is 0 Å². The van der Waals surface area contributed by atoms with Crippen molar-refractivity contribution in [2.45, 2.75) is 6.04 Å². The van der Waals surface area contributed by atoms with Gasteiger partial charge < -0.3 is 15.2 Å². The van der Waals surface area contributed by atoms with Crippen molar-refractivity contribution in [2.24, 2.45) is 5.73 Å². The van der Waals surface area contributed by atoms with Gasteiger partial charge in [-0.2, -0.15) is 0 Å². The Morgan fingerprint density at radius 3 is 2.38 bits per heavy atom. The van der Waals surface area contributed by atoms with Crippen LogP contribution in [-0.4, -0.2) is 14.2 Å². The Morgan fingerprint density at radius 2 is 1.81 bits per heavy atom. The molecule has 0 aliphatic rings. The molecule has 0 aliphatic carbocycles. The first-order chi connectivity index (χ1) is 9.99. The molecule has 112 valence electrons. The second-order valence-electron chi connectivity index (χ2n) is 4.36. The molecule has 0 aromatic heterocycles. The second kappa shape index (κ2) is 6.52. The summed E-state index contributed by atoms with van der Waals surface area (Å²) in [5.41, 5.74) is 7.52. The van der Waals surface area contributed by atoms with E-state index in [0.717, 1.165) is 0 Å². The molecule has 1 unspecified atom stereocenters. The van der Waals surface area contributed by atoms with Crippen LogP contribution < -0.4 is 15.2 Å². The van der Waals surface area contributed by atoms with Gasteiger partial charge in [0, 0.05) is 5.56 Å². The molecule has 0 bridgehead atoms. The lowest BCUT2D eigenvalue weighted by atomic mass is 9.98. The van der Waals surface area contributed by atoms with E-state index in [1.165, 1.54) is 26.4 Å². The van der Waals surface area contributed by atoms with Crippen LogP contribution >= 0.6 is 23.2 Å². The Balaban J connectivity index is 2.50. The molecule has 0 spiro atoms. The third kappa shape index (κ3) is 3.07. The Labute approximate surface area is 132 Å². The molecule has 6 heteroatoms. The van der Waals surface area contributed by atoms with Gasteiger partial charge in [0.25, 0.3) is 0 Å². The number of nitrogens with two attached hydrogens (primary N) is 1. The van der Waals surface area contributed by atoms with Crippen LogP contribution in [-0.2, 0) is 0 Å². The first-order valence-corrected chi connectivity index (χ1v) is 6.86. The van der Waals surface area contributed by atoms with Gasteiger partial charge in [-0.1, -0.05) is 29.3 Å². The van der Waals surface area contributed by atoms with E-state index in [-0.39, 0.29) is 5.02 Å². The number of methoxy groups -OCH3 is 2. The highest BCUT2D eigenvalue weighted by molar-refractivity contribution is 6.33. The smallest absolute Gasteiger partial charge is 0.146 e. The molecule has 0 fully saturated rings. The highest BCUT2D eigenvalue weighted by atomic mass is 35.5. The van der Waals surface area contributed by atoms with E-state index in [9.17, 15) is 4.39 Å². The Hall–Kier alpha value is -1.49. The van der Waals surface area contributed by atoms with E-state index in [0.29, 0.717) is 27.6 Å². The molecule has 2 N–H and O–H groups in total. The highest BCUT2D eigenvalue weighted by Crippen LogP contribution is 2.40. The zero-order chi connectivity index (χ0) is 15.6. The third-order valence-corrected chi connectivity index (χ3v) is 3.80. The fourth-order valence-electron chi connectivity index (χ4n) is 2.05. The normalized spacial score (nSPS) is 12.1. The maximum absolute atomic E-state index is 13.2. The molecule has 0 amide bonds. The van der Waals surface area contributed by atoms with Crippen molar-refractivity contribution in [3.05, 3.63) is 57.3 Å². The standard InChI is InChI=1S/C15H14Cl2FNO2/c1-20-12-6-4-9(15(21-2)13(12)17)14(19)8-3-5-11(18)10(16)7-8/h3-7,14H,19H2,1-2H3. The average Bonchev–Trinajstić information content (AvgIpc) is 2.49. The van der Waals surface area contributed by atoms with E-state index in [4.69, 9.17) is 38.4 Å². The Morgan fingerprint density at radius 1 is 1.10 bits per heavy atom. The summed E-state index contributed by atoms with van der Waals surface area (Å²) < 4.78 is 23.7. The Kier molecular flexibility index (Phi) is 4.93. The molecule has 0 radical (unpaired) electrons. The molecule has 0 saturated heterocycles.